The van der Waals surface area contributed by atoms with Crippen LogP contribution in [0.3, 0.4) is 0 Å². The number of hydrogen-bond donors (Lipinski definition) is 2. The van der Waals surface area contributed by atoms with Crippen molar-refractivity contribution in [3.05, 3.63) is 54.0 Å². The number of rotatable bonds is 7. The molecule has 0 bridgehead atoms. The van der Waals surface area contributed by atoms with Crippen molar-refractivity contribution in [2.45, 2.75) is 25.4 Å². The van der Waals surface area contributed by atoms with Crippen molar-refractivity contribution < 1.29 is 9.21 Å². The van der Waals surface area contributed by atoms with E-state index in [9.17, 15) is 4.79 Å². The maximum absolute atomic E-state index is 11.9. The molecule has 1 fully saturated rings. The lowest BCUT2D eigenvalue weighted by Crippen LogP contribution is -2.41. The van der Waals surface area contributed by atoms with Crippen LogP contribution < -0.4 is 15.5 Å². The van der Waals surface area contributed by atoms with Crippen molar-refractivity contribution in [3.8, 4) is 0 Å². The topological polar surface area (TPSA) is 73.1 Å². The normalized spacial score (nSPS) is 15.9. The Kier molecular flexibility index (Phi) is 6.71. The number of nitrogens with one attached hydrogen (secondary N) is 2. The van der Waals surface area contributed by atoms with E-state index in [2.05, 4.69) is 20.5 Å². The zero-order valence-corrected chi connectivity index (χ0v) is 16.8. The molecule has 7 heteroatoms. The second kappa shape index (κ2) is 9.41. The number of aliphatic imine (C=N–C) groups is 1. The van der Waals surface area contributed by atoms with Crippen LogP contribution in [-0.4, -0.2) is 51.0 Å². The van der Waals surface area contributed by atoms with Crippen molar-refractivity contribution in [2.24, 2.45) is 4.99 Å². The van der Waals surface area contributed by atoms with E-state index in [0.29, 0.717) is 19.5 Å². The minimum Gasteiger partial charge on any atom is -0.468 e. The van der Waals surface area contributed by atoms with Gasteiger partial charge in [0.15, 0.2) is 5.96 Å². The molecule has 3 rings (SSSR count). The van der Waals surface area contributed by atoms with Crippen molar-refractivity contribution >= 4 is 17.6 Å². The number of benzene rings is 1. The minimum absolute atomic E-state index is 0.117. The highest BCUT2D eigenvalue weighted by Crippen LogP contribution is 2.21. The lowest BCUT2D eigenvalue weighted by atomic mass is 10.2. The molecule has 1 saturated heterocycles. The third-order valence-electron chi connectivity index (χ3n) is 4.96. The predicted molar refractivity (Wildman–Crippen MR) is 111 cm³/mol. The number of nitrogens with zero attached hydrogens (tertiary/aromatic N) is 3. The van der Waals surface area contributed by atoms with E-state index >= 15 is 0 Å². The zero-order chi connectivity index (χ0) is 19.9. The van der Waals surface area contributed by atoms with Gasteiger partial charge >= 0.3 is 0 Å². The zero-order valence-electron chi connectivity index (χ0n) is 16.8. The maximum Gasteiger partial charge on any atom is 0.227 e. The molecule has 2 heterocycles. The summed E-state index contributed by atoms with van der Waals surface area (Å²) in [5, 5.41) is 6.69. The fourth-order valence-electron chi connectivity index (χ4n) is 3.33. The van der Waals surface area contributed by atoms with Crippen LogP contribution in [0, 0.1) is 0 Å². The van der Waals surface area contributed by atoms with E-state index in [1.54, 1.807) is 13.3 Å². The van der Waals surface area contributed by atoms with Crippen LogP contribution >= 0.6 is 0 Å². The molecule has 1 aromatic heterocycles. The highest BCUT2D eigenvalue weighted by molar-refractivity contribution is 5.95. The van der Waals surface area contributed by atoms with Crippen LogP contribution in [0.4, 0.5) is 5.69 Å². The molecule has 0 saturated carbocycles. The molecular formula is C21H29N5O2. The Morgan fingerprint density at radius 2 is 2.04 bits per heavy atom. The highest BCUT2D eigenvalue weighted by atomic mass is 16.3. The van der Waals surface area contributed by atoms with Gasteiger partial charge in [0.1, 0.15) is 5.76 Å². The van der Waals surface area contributed by atoms with Crippen LogP contribution in [0.5, 0.6) is 0 Å². The predicted octanol–water partition coefficient (Wildman–Crippen LogP) is 2.37. The molecule has 28 heavy (non-hydrogen) atoms. The molecular weight excluding hydrogens is 354 g/mol. The Morgan fingerprint density at radius 1 is 1.25 bits per heavy atom. The van der Waals surface area contributed by atoms with Gasteiger partial charge in [-0.3, -0.25) is 14.7 Å². The Hall–Kier alpha value is -2.80. The summed E-state index contributed by atoms with van der Waals surface area (Å²) in [6, 6.07) is 12.1. The van der Waals surface area contributed by atoms with Gasteiger partial charge in [-0.1, -0.05) is 12.1 Å². The second-order valence-electron chi connectivity index (χ2n) is 7.12. The van der Waals surface area contributed by atoms with Crippen molar-refractivity contribution in [3.63, 3.8) is 0 Å². The summed E-state index contributed by atoms with van der Waals surface area (Å²) in [6.45, 7) is 2.15. The van der Waals surface area contributed by atoms with Crippen LogP contribution in [0.1, 0.15) is 30.2 Å². The second-order valence-corrected chi connectivity index (χ2v) is 7.12. The molecule has 0 aliphatic carbocycles. The van der Waals surface area contributed by atoms with Gasteiger partial charge in [-0.15, -0.1) is 0 Å². The first-order valence-corrected chi connectivity index (χ1v) is 9.62. The van der Waals surface area contributed by atoms with Crippen LogP contribution in [0.15, 0.2) is 52.1 Å². The molecule has 1 atom stereocenters. The number of guanidine groups is 1. The minimum atomic E-state index is 0.117. The Bertz CT molecular complexity index is 784. The van der Waals surface area contributed by atoms with Gasteiger partial charge < -0.3 is 20.0 Å². The molecule has 2 N–H and O–H groups in total. The number of likely N-dealkylation sites (N-methyl/N-ethyl adjacent to an activating group) is 1. The van der Waals surface area contributed by atoms with Crippen molar-refractivity contribution in [1.82, 2.24) is 15.5 Å². The SMILES string of the molecule is CN=C(NCc1ccc(N2CCCC2=O)cc1)NCC(c1ccco1)N(C)C. The van der Waals surface area contributed by atoms with Gasteiger partial charge in [-0.25, -0.2) is 0 Å². The summed E-state index contributed by atoms with van der Waals surface area (Å²) in [4.78, 5) is 20.1. The van der Waals surface area contributed by atoms with E-state index in [-0.39, 0.29) is 11.9 Å². The first-order valence-electron chi connectivity index (χ1n) is 9.62. The van der Waals surface area contributed by atoms with Crippen LogP contribution in [0.2, 0.25) is 0 Å². The lowest BCUT2D eigenvalue weighted by Gasteiger charge is -2.23. The average molecular weight is 383 g/mol. The number of carbonyl (C=O) groups excluding carboxylic acids is 1. The van der Waals surface area contributed by atoms with E-state index in [4.69, 9.17) is 4.42 Å². The number of anilines is 1. The molecule has 1 aromatic carbocycles. The van der Waals surface area contributed by atoms with Gasteiger partial charge in [0.2, 0.25) is 5.91 Å². The number of amides is 1. The summed E-state index contributed by atoms with van der Waals surface area (Å²) in [6.07, 6.45) is 3.28. The Labute approximate surface area is 166 Å². The molecule has 1 aliphatic heterocycles. The van der Waals surface area contributed by atoms with Crippen molar-refractivity contribution in [1.29, 1.82) is 0 Å². The molecule has 7 nitrogen and oxygen atoms in total. The monoisotopic (exact) mass is 383 g/mol. The largest absolute Gasteiger partial charge is 0.468 e. The fourth-order valence-corrected chi connectivity index (χ4v) is 3.33. The Balaban J connectivity index is 1.52. The van der Waals surface area contributed by atoms with Gasteiger partial charge in [-0.2, -0.15) is 0 Å². The first-order chi connectivity index (χ1) is 13.6. The highest BCUT2D eigenvalue weighted by Gasteiger charge is 2.21. The van der Waals surface area contributed by atoms with Gasteiger partial charge in [0.05, 0.1) is 12.3 Å². The number of carbonyl (C=O) groups is 1. The summed E-state index contributed by atoms with van der Waals surface area (Å²) >= 11 is 0. The molecule has 1 unspecified atom stereocenters. The van der Waals surface area contributed by atoms with E-state index in [1.165, 1.54) is 0 Å². The third kappa shape index (κ3) is 4.92. The fraction of sp³-hybridized carbons (Fsp3) is 0.429. The van der Waals surface area contributed by atoms with E-state index < -0.39 is 0 Å². The lowest BCUT2D eigenvalue weighted by molar-refractivity contribution is -0.117. The molecule has 1 aliphatic rings. The molecule has 0 spiro atoms. The number of furan rings is 1. The average Bonchev–Trinajstić information content (AvgIpc) is 3.36. The van der Waals surface area contributed by atoms with E-state index in [1.807, 2.05) is 55.4 Å². The van der Waals surface area contributed by atoms with Gasteiger partial charge in [0.25, 0.3) is 0 Å². The molecule has 2 aromatic rings. The van der Waals surface area contributed by atoms with Crippen LogP contribution in [-0.2, 0) is 11.3 Å². The standard InChI is InChI=1S/C21H29N5O2/c1-22-21(24-15-18(25(2)3)19-6-5-13-28-19)23-14-16-8-10-17(11-9-16)26-12-4-7-20(26)27/h5-6,8-11,13,18H,4,7,12,14-15H2,1-3H3,(H2,22,23,24). The van der Waals surface area contributed by atoms with Gasteiger partial charge in [0, 0.05) is 38.8 Å². The summed E-state index contributed by atoms with van der Waals surface area (Å²) in [5.74, 6) is 1.86. The summed E-state index contributed by atoms with van der Waals surface area (Å²) in [7, 11) is 5.81. The number of hydrogen-bond acceptors (Lipinski definition) is 4. The molecule has 150 valence electrons. The smallest absolute Gasteiger partial charge is 0.227 e. The van der Waals surface area contributed by atoms with Gasteiger partial charge in [-0.05, 0) is 50.3 Å². The quantitative estimate of drug-likeness (QED) is 0.567. The third-order valence-corrected chi connectivity index (χ3v) is 4.96. The first kappa shape index (κ1) is 19.9. The maximum atomic E-state index is 11.9. The molecule has 0 radical (unpaired) electrons. The Morgan fingerprint density at radius 3 is 2.61 bits per heavy atom. The van der Waals surface area contributed by atoms with Crippen molar-refractivity contribution in [2.75, 3.05) is 39.1 Å². The molecule has 1 amide bonds. The van der Waals surface area contributed by atoms with E-state index in [0.717, 1.165) is 35.9 Å². The summed E-state index contributed by atoms with van der Waals surface area (Å²) < 4.78 is 5.54. The van der Waals surface area contributed by atoms with Crippen LogP contribution in [0.25, 0.3) is 0 Å². The summed E-state index contributed by atoms with van der Waals surface area (Å²) in [5.41, 5.74) is 2.11.